The molecule has 0 bridgehead atoms. The normalized spacial score (nSPS) is 22.8. The molecule has 1 aliphatic carbocycles. The molecule has 1 aliphatic heterocycles. The first-order chi connectivity index (χ1) is 9.40. The Hall–Kier alpha value is -1.28. The number of ether oxygens (including phenoxy) is 1. The van der Waals surface area contributed by atoms with Gasteiger partial charge in [0.15, 0.2) is 0 Å². The van der Waals surface area contributed by atoms with Crippen molar-refractivity contribution < 1.29 is 4.74 Å². The van der Waals surface area contributed by atoms with E-state index >= 15 is 0 Å². The summed E-state index contributed by atoms with van der Waals surface area (Å²) in [6.07, 6.45) is 7.43. The minimum atomic E-state index is 0.464. The highest BCUT2D eigenvalue weighted by atomic mass is 16.5. The maximum absolute atomic E-state index is 5.86. The van der Waals surface area contributed by atoms with Crippen molar-refractivity contribution in [1.82, 2.24) is 5.32 Å². The lowest BCUT2D eigenvalue weighted by Crippen LogP contribution is -2.37. The number of hydrogen-bond donors (Lipinski definition) is 1. The third-order valence-corrected chi connectivity index (χ3v) is 4.23. The monoisotopic (exact) mass is 257 g/mol. The number of fused-ring (bicyclic) bond motifs is 1. The van der Waals surface area contributed by atoms with E-state index in [9.17, 15) is 0 Å². The Balaban J connectivity index is 1.84. The smallest absolute Gasteiger partial charge is 0.122 e. The molecule has 0 saturated carbocycles. The summed E-state index contributed by atoms with van der Waals surface area (Å²) in [5.41, 5.74) is 2.97. The fourth-order valence-electron chi connectivity index (χ4n) is 3.27. The number of allylic oxidation sites excluding steroid dienone is 1. The zero-order valence-electron chi connectivity index (χ0n) is 11.7. The molecule has 0 radical (unpaired) electrons. The standard InChI is InChI=1S/C17H23NO/c1-2-11-18-17(13-7-3-4-8-13)15-12-19-16-10-6-5-9-14(15)16/h5-7,9-10,15,17-18H,2-4,8,11-12H2,1H3. The minimum absolute atomic E-state index is 0.464. The Morgan fingerprint density at radius 3 is 3.05 bits per heavy atom. The zero-order valence-corrected chi connectivity index (χ0v) is 11.7. The van der Waals surface area contributed by atoms with Crippen molar-refractivity contribution in [3.8, 4) is 5.75 Å². The topological polar surface area (TPSA) is 21.3 Å². The Labute approximate surface area is 115 Å². The second kappa shape index (κ2) is 5.79. The van der Waals surface area contributed by atoms with Crippen molar-refractivity contribution >= 4 is 0 Å². The summed E-state index contributed by atoms with van der Waals surface area (Å²) < 4.78 is 5.86. The molecule has 2 nitrogen and oxygen atoms in total. The Bertz CT molecular complexity index is 466. The number of nitrogens with one attached hydrogen (secondary N) is 1. The lowest BCUT2D eigenvalue weighted by atomic mass is 9.88. The SMILES string of the molecule is CCCNC(C1=CCCC1)C1COc2ccccc21. The molecule has 0 fully saturated rings. The van der Waals surface area contributed by atoms with Crippen LogP contribution in [0.1, 0.15) is 44.1 Å². The van der Waals surface area contributed by atoms with Crippen molar-refractivity contribution in [2.24, 2.45) is 0 Å². The van der Waals surface area contributed by atoms with Crippen molar-refractivity contribution in [3.05, 3.63) is 41.5 Å². The minimum Gasteiger partial charge on any atom is -0.493 e. The summed E-state index contributed by atoms with van der Waals surface area (Å²) in [6, 6.07) is 8.97. The highest BCUT2D eigenvalue weighted by Crippen LogP contribution is 2.39. The van der Waals surface area contributed by atoms with Gasteiger partial charge in [-0.2, -0.15) is 0 Å². The molecule has 2 unspecified atom stereocenters. The van der Waals surface area contributed by atoms with Gasteiger partial charge in [0.1, 0.15) is 5.75 Å². The highest BCUT2D eigenvalue weighted by molar-refractivity contribution is 5.42. The number of para-hydroxylation sites is 1. The lowest BCUT2D eigenvalue weighted by Gasteiger charge is -2.25. The molecular weight excluding hydrogens is 234 g/mol. The summed E-state index contributed by atoms with van der Waals surface area (Å²) in [6.45, 7) is 4.13. The van der Waals surface area contributed by atoms with Gasteiger partial charge in [-0.15, -0.1) is 0 Å². The Morgan fingerprint density at radius 1 is 1.37 bits per heavy atom. The molecule has 2 aliphatic rings. The Kier molecular flexibility index (Phi) is 3.88. The van der Waals surface area contributed by atoms with Crippen LogP contribution >= 0.6 is 0 Å². The van der Waals surface area contributed by atoms with Gasteiger partial charge in [0, 0.05) is 17.5 Å². The molecule has 3 rings (SSSR count). The summed E-state index contributed by atoms with van der Waals surface area (Å²) in [5.74, 6) is 1.56. The van der Waals surface area contributed by atoms with Crippen LogP contribution < -0.4 is 10.1 Å². The molecule has 0 aromatic heterocycles. The molecule has 1 N–H and O–H groups in total. The average molecular weight is 257 g/mol. The molecule has 102 valence electrons. The number of rotatable bonds is 5. The van der Waals surface area contributed by atoms with Crippen LogP contribution in [0.5, 0.6) is 5.75 Å². The zero-order chi connectivity index (χ0) is 13.1. The van der Waals surface area contributed by atoms with Gasteiger partial charge in [-0.25, -0.2) is 0 Å². The summed E-state index contributed by atoms with van der Waals surface area (Å²) in [4.78, 5) is 0. The molecule has 19 heavy (non-hydrogen) atoms. The molecule has 1 aromatic rings. The van der Waals surface area contributed by atoms with E-state index < -0.39 is 0 Å². The third-order valence-electron chi connectivity index (χ3n) is 4.23. The number of hydrogen-bond acceptors (Lipinski definition) is 2. The molecule has 0 saturated heterocycles. The molecule has 2 heteroatoms. The van der Waals surface area contributed by atoms with Crippen LogP contribution in [-0.2, 0) is 0 Å². The van der Waals surface area contributed by atoms with E-state index in [2.05, 4.69) is 42.6 Å². The maximum atomic E-state index is 5.86. The first-order valence-corrected chi connectivity index (χ1v) is 7.54. The molecule has 0 spiro atoms. The van der Waals surface area contributed by atoms with Gasteiger partial charge in [-0.3, -0.25) is 0 Å². The van der Waals surface area contributed by atoms with Crippen LogP contribution in [0.15, 0.2) is 35.9 Å². The molecule has 1 heterocycles. The fraction of sp³-hybridized carbons (Fsp3) is 0.529. The van der Waals surface area contributed by atoms with Crippen molar-refractivity contribution in [2.75, 3.05) is 13.2 Å². The highest BCUT2D eigenvalue weighted by Gasteiger charge is 2.33. The van der Waals surface area contributed by atoms with Gasteiger partial charge in [0.25, 0.3) is 0 Å². The van der Waals surface area contributed by atoms with E-state index in [1.807, 2.05) is 0 Å². The van der Waals surface area contributed by atoms with Gasteiger partial charge in [-0.1, -0.05) is 36.8 Å². The van der Waals surface area contributed by atoms with Crippen molar-refractivity contribution in [2.45, 2.75) is 44.6 Å². The summed E-state index contributed by atoms with van der Waals surface area (Å²) in [7, 11) is 0. The largest absolute Gasteiger partial charge is 0.493 e. The molecular formula is C17H23NO. The van der Waals surface area contributed by atoms with Crippen LogP contribution in [0.4, 0.5) is 0 Å². The maximum Gasteiger partial charge on any atom is 0.122 e. The second-order valence-electron chi connectivity index (χ2n) is 5.56. The average Bonchev–Trinajstić information content (AvgIpc) is 3.09. The van der Waals surface area contributed by atoms with Gasteiger partial charge in [0.05, 0.1) is 6.61 Å². The van der Waals surface area contributed by atoms with E-state index in [0.717, 1.165) is 18.9 Å². The van der Waals surface area contributed by atoms with Crippen molar-refractivity contribution in [1.29, 1.82) is 0 Å². The van der Waals surface area contributed by atoms with Gasteiger partial charge in [-0.05, 0) is 38.3 Å². The predicted octanol–water partition coefficient (Wildman–Crippen LogP) is 3.64. The van der Waals surface area contributed by atoms with Crippen LogP contribution in [0.3, 0.4) is 0 Å². The third kappa shape index (κ3) is 2.55. The summed E-state index contributed by atoms with van der Waals surface area (Å²) in [5, 5.41) is 3.75. The van der Waals surface area contributed by atoms with Gasteiger partial charge >= 0.3 is 0 Å². The van der Waals surface area contributed by atoms with Crippen LogP contribution in [0.25, 0.3) is 0 Å². The van der Waals surface area contributed by atoms with Gasteiger partial charge in [0.2, 0.25) is 0 Å². The molecule has 0 amide bonds. The van der Waals surface area contributed by atoms with E-state index in [0.29, 0.717) is 12.0 Å². The van der Waals surface area contributed by atoms with E-state index in [4.69, 9.17) is 4.74 Å². The van der Waals surface area contributed by atoms with Crippen molar-refractivity contribution in [3.63, 3.8) is 0 Å². The first kappa shape index (κ1) is 12.7. The first-order valence-electron chi connectivity index (χ1n) is 7.54. The molecule has 2 atom stereocenters. The lowest BCUT2D eigenvalue weighted by molar-refractivity contribution is 0.307. The second-order valence-corrected chi connectivity index (χ2v) is 5.56. The van der Waals surface area contributed by atoms with E-state index in [1.165, 1.54) is 31.2 Å². The quantitative estimate of drug-likeness (QED) is 0.813. The van der Waals surface area contributed by atoms with Gasteiger partial charge < -0.3 is 10.1 Å². The fourth-order valence-corrected chi connectivity index (χ4v) is 3.27. The van der Waals surface area contributed by atoms with E-state index in [1.54, 1.807) is 5.57 Å². The van der Waals surface area contributed by atoms with E-state index in [-0.39, 0.29) is 0 Å². The predicted molar refractivity (Wildman–Crippen MR) is 78.7 cm³/mol. The van der Waals surface area contributed by atoms with Crippen LogP contribution in [0, 0.1) is 0 Å². The Morgan fingerprint density at radius 2 is 2.26 bits per heavy atom. The summed E-state index contributed by atoms with van der Waals surface area (Å²) >= 11 is 0. The van der Waals surface area contributed by atoms with Crippen LogP contribution in [-0.4, -0.2) is 19.2 Å². The van der Waals surface area contributed by atoms with Crippen LogP contribution in [0.2, 0.25) is 0 Å². The molecule has 1 aromatic carbocycles. The number of benzene rings is 1.